The lowest BCUT2D eigenvalue weighted by molar-refractivity contribution is -0.725. The topological polar surface area (TPSA) is 55.5 Å². The first-order valence-electron chi connectivity index (χ1n) is 9.09. The van der Waals surface area contributed by atoms with E-state index < -0.39 is 0 Å². The van der Waals surface area contributed by atoms with Crippen molar-refractivity contribution in [2.75, 3.05) is 0 Å². The Morgan fingerprint density at radius 1 is 1.00 bits per heavy atom. The van der Waals surface area contributed by atoms with Gasteiger partial charge in [0.2, 0.25) is 0 Å². The van der Waals surface area contributed by atoms with Gasteiger partial charge >= 0.3 is 0 Å². The minimum atomic E-state index is 0.0594. The van der Waals surface area contributed by atoms with Crippen LogP contribution in [0.4, 0.5) is 0 Å². The lowest BCUT2D eigenvalue weighted by atomic mass is 10.0. The van der Waals surface area contributed by atoms with Crippen LogP contribution in [-0.2, 0) is 6.42 Å². The fourth-order valence-corrected chi connectivity index (χ4v) is 4.57. The van der Waals surface area contributed by atoms with Crippen LogP contribution < -0.4 is 5.32 Å². The maximum Gasteiger partial charge on any atom is 0.274 e. The molecule has 4 aromatic rings. The van der Waals surface area contributed by atoms with Gasteiger partial charge in [-0.3, -0.25) is 0 Å². The molecule has 1 aromatic carbocycles. The average molecular weight is 397 g/mol. The number of hydrogen-bond acceptors (Lipinski definition) is 5. The Hall–Kier alpha value is -2.28. The van der Waals surface area contributed by atoms with Crippen molar-refractivity contribution in [2.24, 2.45) is 0 Å². The molecule has 3 aromatic heterocycles. The number of benzene rings is 1. The van der Waals surface area contributed by atoms with Gasteiger partial charge in [-0.25, -0.2) is 0 Å². The van der Waals surface area contributed by atoms with Crippen molar-refractivity contribution in [1.82, 2.24) is 10.2 Å². The molecule has 0 bridgehead atoms. The number of nitrogens with zero attached hydrogens (tertiary/aromatic N) is 2. The molecule has 138 valence electrons. The largest absolute Gasteiger partial charge is 0.414 e. The molecular weight excluding hydrogens is 374 g/mol. The second-order valence-electron chi connectivity index (χ2n) is 6.49. The summed E-state index contributed by atoms with van der Waals surface area (Å²) in [6, 6.07) is 17.5. The highest BCUT2D eigenvalue weighted by Gasteiger charge is 2.26. The van der Waals surface area contributed by atoms with Gasteiger partial charge in [-0.05, 0) is 41.8 Å². The van der Waals surface area contributed by atoms with Crippen LogP contribution in [0.2, 0.25) is 0 Å². The zero-order valence-corrected chi connectivity index (χ0v) is 17.0. The van der Waals surface area contributed by atoms with Crippen LogP contribution in [0.25, 0.3) is 10.8 Å². The van der Waals surface area contributed by atoms with Gasteiger partial charge < -0.3 is 9.73 Å². The van der Waals surface area contributed by atoms with E-state index in [9.17, 15) is 0 Å². The number of aryl methyl sites for hydroxylation is 1. The first kappa shape index (κ1) is 18.1. The van der Waals surface area contributed by atoms with E-state index in [-0.39, 0.29) is 12.1 Å². The molecule has 0 spiro atoms. The first-order chi connectivity index (χ1) is 13.2. The van der Waals surface area contributed by atoms with Crippen LogP contribution in [0.5, 0.6) is 0 Å². The van der Waals surface area contributed by atoms with E-state index in [1.807, 2.05) is 17.5 Å². The molecule has 0 aliphatic carbocycles. The molecule has 2 atom stereocenters. The van der Waals surface area contributed by atoms with Gasteiger partial charge in [0.1, 0.15) is 6.04 Å². The molecule has 0 aliphatic heterocycles. The zero-order chi connectivity index (χ0) is 18.6. The molecule has 6 heteroatoms. The van der Waals surface area contributed by atoms with Crippen molar-refractivity contribution in [2.45, 2.75) is 32.4 Å². The molecule has 3 heterocycles. The summed E-state index contributed by atoms with van der Waals surface area (Å²) in [5, 5.41) is 15.0. The van der Waals surface area contributed by atoms with E-state index in [0.29, 0.717) is 11.8 Å². The quantitative estimate of drug-likeness (QED) is 0.486. The predicted molar refractivity (Wildman–Crippen MR) is 110 cm³/mol. The normalized spacial score (nSPS) is 13.6. The smallest absolute Gasteiger partial charge is 0.274 e. The van der Waals surface area contributed by atoms with Crippen LogP contribution in [0, 0.1) is 0 Å². The van der Waals surface area contributed by atoms with E-state index in [1.165, 1.54) is 16.0 Å². The summed E-state index contributed by atoms with van der Waals surface area (Å²) in [5.74, 6) is 1.25. The van der Waals surface area contributed by atoms with Crippen LogP contribution in [-0.4, -0.2) is 10.2 Å². The number of rotatable bonds is 7. The Morgan fingerprint density at radius 2 is 1.78 bits per heavy atom. The number of aromatic nitrogens is 2. The molecule has 0 aliphatic rings. The monoisotopic (exact) mass is 396 g/mol. The van der Waals surface area contributed by atoms with Crippen LogP contribution in [0.3, 0.4) is 0 Å². The standard InChI is InChI=1S/C21H21N3OS2/c1-3-15-8-10-16(11-9-15)19(17-6-4-12-26-17)22-14(2)20-23-24-21(25-20)18-7-5-13-27-18/h4-14,19,22H,3H2,1-2H3/p+1/t14-,19+/m0/s1. The van der Waals surface area contributed by atoms with Gasteiger partial charge in [0, 0.05) is 5.56 Å². The Kier molecular flexibility index (Phi) is 5.48. The van der Waals surface area contributed by atoms with Crippen LogP contribution >= 0.6 is 22.7 Å². The average Bonchev–Trinajstić information content (AvgIpc) is 3.47. The summed E-state index contributed by atoms with van der Waals surface area (Å²) in [6.45, 7) is 4.30. The Morgan fingerprint density at radius 3 is 2.44 bits per heavy atom. The fourth-order valence-electron chi connectivity index (χ4n) is 3.09. The van der Waals surface area contributed by atoms with Crippen molar-refractivity contribution < 1.29 is 9.73 Å². The molecule has 4 rings (SSSR count). The van der Waals surface area contributed by atoms with Crippen LogP contribution in [0.1, 0.15) is 47.8 Å². The predicted octanol–water partition coefficient (Wildman–Crippen LogP) is 4.84. The second-order valence-corrected chi connectivity index (χ2v) is 8.42. The Bertz CT molecular complexity index is 959. The molecule has 0 radical (unpaired) electrons. The fraction of sp³-hybridized carbons (Fsp3) is 0.238. The molecule has 0 saturated carbocycles. The first-order valence-corrected chi connectivity index (χ1v) is 10.8. The van der Waals surface area contributed by atoms with Crippen molar-refractivity contribution in [3.8, 4) is 10.8 Å². The second kappa shape index (κ2) is 8.17. The van der Waals surface area contributed by atoms with Gasteiger partial charge in [-0.15, -0.1) is 32.9 Å². The molecule has 2 N–H and O–H groups in total. The SMILES string of the molecule is CCc1ccc([C@@H]([NH2+][C@@H](C)c2nnc(-c3cccs3)o2)c2cccs2)cc1. The molecule has 4 nitrogen and oxygen atoms in total. The highest BCUT2D eigenvalue weighted by atomic mass is 32.1. The maximum absolute atomic E-state index is 5.94. The van der Waals surface area contributed by atoms with Crippen molar-refractivity contribution in [1.29, 1.82) is 0 Å². The summed E-state index contributed by atoms with van der Waals surface area (Å²) < 4.78 is 5.94. The van der Waals surface area contributed by atoms with Gasteiger partial charge in [-0.1, -0.05) is 43.3 Å². The zero-order valence-electron chi connectivity index (χ0n) is 15.3. The van der Waals surface area contributed by atoms with Crippen molar-refractivity contribution in [3.63, 3.8) is 0 Å². The van der Waals surface area contributed by atoms with Gasteiger partial charge in [0.15, 0.2) is 6.04 Å². The summed E-state index contributed by atoms with van der Waals surface area (Å²) in [7, 11) is 0. The van der Waals surface area contributed by atoms with Gasteiger partial charge in [-0.2, -0.15) is 0 Å². The van der Waals surface area contributed by atoms with Gasteiger partial charge in [0.25, 0.3) is 11.8 Å². The van der Waals surface area contributed by atoms with Crippen LogP contribution in [0.15, 0.2) is 63.7 Å². The Labute approximate surface area is 166 Å². The van der Waals surface area contributed by atoms with Crippen molar-refractivity contribution in [3.05, 3.63) is 81.2 Å². The van der Waals surface area contributed by atoms with E-state index in [0.717, 1.165) is 11.3 Å². The van der Waals surface area contributed by atoms with Gasteiger partial charge in [0.05, 0.1) is 9.75 Å². The lowest BCUT2D eigenvalue weighted by Crippen LogP contribution is -2.85. The maximum atomic E-state index is 5.94. The van der Waals surface area contributed by atoms with E-state index in [2.05, 4.69) is 71.1 Å². The summed E-state index contributed by atoms with van der Waals surface area (Å²) in [4.78, 5) is 2.33. The number of quaternary nitrogens is 1. The third kappa shape index (κ3) is 4.03. The number of thiophene rings is 2. The number of nitrogens with two attached hydrogens (primary N) is 1. The van der Waals surface area contributed by atoms with E-state index in [1.54, 1.807) is 22.7 Å². The van der Waals surface area contributed by atoms with Crippen molar-refractivity contribution >= 4 is 22.7 Å². The third-order valence-corrected chi connectivity index (χ3v) is 6.45. The lowest BCUT2D eigenvalue weighted by Gasteiger charge is -2.18. The molecular formula is C21H22N3OS2+. The molecule has 0 saturated heterocycles. The van der Waals surface area contributed by atoms with E-state index >= 15 is 0 Å². The summed E-state index contributed by atoms with van der Waals surface area (Å²) >= 11 is 3.39. The highest BCUT2D eigenvalue weighted by molar-refractivity contribution is 7.13. The summed E-state index contributed by atoms with van der Waals surface area (Å²) in [6.07, 6.45) is 1.05. The third-order valence-electron chi connectivity index (χ3n) is 4.64. The molecule has 27 heavy (non-hydrogen) atoms. The molecule has 0 amide bonds. The number of hydrogen-bond donors (Lipinski definition) is 1. The van der Waals surface area contributed by atoms with E-state index in [4.69, 9.17) is 4.42 Å². The minimum Gasteiger partial charge on any atom is -0.414 e. The summed E-state index contributed by atoms with van der Waals surface area (Å²) in [5.41, 5.74) is 2.65. The molecule has 0 unspecified atom stereocenters. The Balaban J connectivity index is 1.57. The minimum absolute atomic E-state index is 0.0594. The molecule has 0 fully saturated rings. The highest BCUT2D eigenvalue weighted by Crippen LogP contribution is 2.26.